The molecular formula is C10H14N4O4. The maximum Gasteiger partial charge on any atom is 0.312 e. The summed E-state index contributed by atoms with van der Waals surface area (Å²) in [7, 11) is 0. The number of nitrogens with one attached hydrogen (secondary N) is 2. The van der Waals surface area contributed by atoms with Gasteiger partial charge in [0.25, 0.3) is 0 Å². The van der Waals surface area contributed by atoms with Gasteiger partial charge in [-0.15, -0.1) is 0 Å². The molecule has 98 valence electrons. The Labute approximate surface area is 103 Å². The van der Waals surface area contributed by atoms with Gasteiger partial charge in [0, 0.05) is 39.3 Å². The van der Waals surface area contributed by atoms with Crippen LogP contribution in [0.2, 0.25) is 0 Å². The van der Waals surface area contributed by atoms with E-state index in [0.29, 0.717) is 26.2 Å². The van der Waals surface area contributed by atoms with E-state index in [1.807, 2.05) is 0 Å². The van der Waals surface area contributed by atoms with E-state index in [1.165, 1.54) is 9.80 Å². The van der Waals surface area contributed by atoms with Crippen LogP contribution in [0, 0.1) is 0 Å². The second-order valence-corrected chi connectivity index (χ2v) is 4.10. The van der Waals surface area contributed by atoms with Gasteiger partial charge in [0.2, 0.25) is 0 Å². The molecule has 0 aromatic heterocycles. The number of rotatable bonds is 3. The lowest BCUT2D eigenvalue weighted by Crippen LogP contribution is -2.57. The number of amides is 4. The van der Waals surface area contributed by atoms with Crippen molar-refractivity contribution in [2.45, 2.75) is 0 Å². The lowest BCUT2D eigenvalue weighted by molar-refractivity contribution is -0.150. The van der Waals surface area contributed by atoms with E-state index < -0.39 is 23.6 Å². The van der Waals surface area contributed by atoms with Crippen LogP contribution in [-0.4, -0.2) is 72.7 Å². The molecule has 8 heteroatoms. The Balaban J connectivity index is 1.87. The maximum atomic E-state index is 11.5. The first kappa shape index (κ1) is 12.3. The van der Waals surface area contributed by atoms with Gasteiger partial charge in [-0.2, -0.15) is 0 Å². The van der Waals surface area contributed by atoms with Crippen LogP contribution < -0.4 is 10.6 Å². The van der Waals surface area contributed by atoms with Gasteiger partial charge < -0.3 is 20.4 Å². The van der Waals surface area contributed by atoms with E-state index in [2.05, 4.69) is 10.6 Å². The molecule has 0 radical (unpaired) electrons. The normalized spacial score (nSPS) is 20.9. The van der Waals surface area contributed by atoms with Crippen LogP contribution in [0.3, 0.4) is 0 Å². The van der Waals surface area contributed by atoms with Gasteiger partial charge in [-0.05, 0) is 0 Å². The van der Waals surface area contributed by atoms with Crippen LogP contribution in [0.5, 0.6) is 0 Å². The van der Waals surface area contributed by atoms with Crippen molar-refractivity contribution in [2.24, 2.45) is 0 Å². The van der Waals surface area contributed by atoms with Crippen LogP contribution in [-0.2, 0) is 19.2 Å². The molecule has 0 unspecified atom stereocenters. The zero-order valence-electron chi connectivity index (χ0n) is 9.77. The molecule has 2 N–H and O–H groups in total. The molecule has 0 atom stereocenters. The van der Waals surface area contributed by atoms with Crippen molar-refractivity contribution in [2.75, 3.05) is 39.3 Å². The molecule has 2 aliphatic heterocycles. The lowest BCUT2D eigenvalue weighted by Gasteiger charge is -2.31. The Morgan fingerprint density at radius 2 is 1.17 bits per heavy atom. The minimum atomic E-state index is -0.621. The standard InChI is InChI=1S/C10H14N4O4/c15-7-9(17)13(3-1-11-7)5-6-14-4-2-12-8(16)10(14)18/h1-6H2,(H,11,15)(H,12,16). The van der Waals surface area contributed by atoms with Gasteiger partial charge >= 0.3 is 23.6 Å². The van der Waals surface area contributed by atoms with Crippen molar-refractivity contribution in [3.05, 3.63) is 0 Å². The number of carbonyl (C=O) groups is 4. The molecule has 8 nitrogen and oxygen atoms in total. The Bertz CT molecular complexity index is 371. The fourth-order valence-electron chi connectivity index (χ4n) is 1.92. The van der Waals surface area contributed by atoms with Gasteiger partial charge in [-0.1, -0.05) is 0 Å². The van der Waals surface area contributed by atoms with E-state index in [1.54, 1.807) is 0 Å². The Morgan fingerprint density at radius 1 is 0.778 bits per heavy atom. The third-order valence-electron chi connectivity index (χ3n) is 2.94. The quantitative estimate of drug-likeness (QED) is 0.521. The Morgan fingerprint density at radius 3 is 1.56 bits per heavy atom. The van der Waals surface area contributed by atoms with Crippen LogP contribution in [0.15, 0.2) is 0 Å². The molecule has 0 aromatic carbocycles. The van der Waals surface area contributed by atoms with E-state index >= 15 is 0 Å². The molecule has 18 heavy (non-hydrogen) atoms. The third kappa shape index (κ3) is 2.41. The smallest absolute Gasteiger partial charge is 0.312 e. The van der Waals surface area contributed by atoms with Crippen LogP contribution in [0.1, 0.15) is 0 Å². The van der Waals surface area contributed by atoms with Crippen LogP contribution in [0.4, 0.5) is 0 Å². The lowest BCUT2D eigenvalue weighted by atomic mass is 10.3. The van der Waals surface area contributed by atoms with Gasteiger partial charge in [0.1, 0.15) is 0 Å². The second kappa shape index (κ2) is 5.03. The molecule has 0 aliphatic carbocycles. The summed E-state index contributed by atoms with van der Waals surface area (Å²) in [5.41, 5.74) is 0. The first-order chi connectivity index (χ1) is 8.59. The molecule has 4 amide bonds. The molecule has 2 saturated heterocycles. The monoisotopic (exact) mass is 254 g/mol. The van der Waals surface area contributed by atoms with Crippen LogP contribution in [0.25, 0.3) is 0 Å². The van der Waals surface area contributed by atoms with Gasteiger partial charge in [-0.25, -0.2) is 0 Å². The number of nitrogens with zero attached hydrogens (tertiary/aromatic N) is 2. The zero-order valence-corrected chi connectivity index (χ0v) is 9.77. The molecule has 2 heterocycles. The van der Waals surface area contributed by atoms with Gasteiger partial charge in [0.15, 0.2) is 0 Å². The maximum absolute atomic E-state index is 11.5. The predicted octanol–water partition coefficient (Wildman–Crippen LogP) is -3.10. The molecule has 0 aromatic rings. The van der Waals surface area contributed by atoms with E-state index in [9.17, 15) is 19.2 Å². The summed E-state index contributed by atoms with van der Waals surface area (Å²) in [6.07, 6.45) is 0. The highest BCUT2D eigenvalue weighted by molar-refractivity contribution is 6.36. The molecule has 0 bridgehead atoms. The number of piperazine rings is 2. The van der Waals surface area contributed by atoms with Gasteiger partial charge in [-0.3, -0.25) is 19.2 Å². The van der Waals surface area contributed by atoms with E-state index in [0.717, 1.165) is 0 Å². The summed E-state index contributed by atoms with van der Waals surface area (Å²) in [4.78, 5) is 48.0. The summed E-state index contributed by atoms with van der Waals surface area (Å²) in [6, 6.07) is 0. The third-order valence-corrected chi connectivity index (χ3v) is 2.94. The highest BCUT2D eigenvalue weighted by atomic mass is 16.2. The Hall–Kier alpha value is -2.12. The van der Waals surface area contributed by atoms with E-state index in [4.69, 9.17) is 0 Å². The van der Waals surface area contributed by atoms with Crippen molar-refractivity contribution in [3.8, 4) is 0 Å². The predicted molar refractivity (Wildman–Crippen MR) is 59.2 cm³/mol. The number of hydrogen-bond acceptors (Lipinski definition) is 4. The summed E-state index contributed by atoms with van der Waals surface area (Å²) >= 11 is 0. The fourth-order valence-corrected chi connectivity index (χ4v) is 1.92. The fraction of sp³-hybridized carbons (Fsp3) is 0.600. The number of carbonyl (C=O) groups excluding carboxylic acids is 4. The SMILES string of the molecule is O=C1NCCN(CCN2CCNC(=O)C2=O)C1=O. The van der Waals surface area contributed by atoms with Crippen molar-refractivity contribution < 1.29 is 19.2 Å². The largest absolute Gasteiger partial charge is 0.346 e. The first-order valence-electron chi connectivity index (χ1n) is 5.74. The molecule has 0 spiro atoms. The zero-order chi connectivity index (χ0) is 13.1. The molecular weight excluding hydrogens is 240 g/mol. The summed E-state index contributed by atoms with van der Waals surface area (Å²) in [5.74, 6) is -2.42. The minimum Gasteiger partial charge on any atom is -0.346 e. The van der Waals surface area contributed by atoms with Crippen LogP contribution >= 0.6 is 0 Å². The minimum absolute atomic E-state index is 0.269. The summed E-state index contributed by atoms with van der Waals surface area (Å²) in [6.45, 7) is 2.23. The van der Waals surface area contributed by atoms with Gasteiger partial charge in [0.05, 0.1) is 0 Å². The average molecular weight is 254 g/mol. The number of hydrogen-bond donors (Lipinski definition) is 2. The molecule has 2 rings (SSSR count). The van der Waals surface area contributed by atoms with Crippen molar-refractivity contribution in [1.29, 1.82) is 0 Å². The van der Waals surface area contributed by atoms with Crippen molar-refractivity contribution in [3.63, 3.8) is 0 Å². The topological polar surface area (TPSA) is 98.8 Å². The highest BCUT2D eigenvalue weighted by Crippen LogP contribution is 2.00. The molecule has 0 saturated carbocycles. The highest BCUT2D eigenvalue weighted by Gasteiger charge is 2.29. The summed E-state index contributed by atoms with van der Waals surface area (Å²) < 4.78 is 0. The second-order valence-electron chi connectivity index (χ2n) is 4.10. The van der Waals surface area contributed by atoms with Crippen molar-refractivity contribution >= 4 is 23.6 Å². The van der Waals surface area contributed by atoms with E-state index in [-0.39, 0.29) is 13.1 Å². The first-order valence-corrected chi connectivity index (χ1v) is 5.74. The Kier molecular flexibility index (Phi) is 3.45. The molecule has 2 aliphatic rings. The van der Waals surface area contributed by atoms with Crippen molar-refractivity contribution in [1.82, 2.24) is 20.4 Å². The summed E-state index contributed by atoms with van der Waals surface area (Å²) in [5, 5.41) is 4.88. The molecule has 2 fully saturated rings. The average Bonchev–Trinajstić information content (AvgIpc) is 2.36.